The predicted molar refractivity (Wildman–Crippen MR) is 84.5 cm³/mol. The van der Waals surface area contributed by atoms with E-state index in [1.165, 1.54) is 0 Å². The molecule has 0 spiro atoms. The van der Waals surface area contributed by atoms with E-state index in [0.29, 0.717) is 16.7 Å². The molecule has 1 fully saturated rings. The Morgan fingerprint density at radius 3 is 2.52 bits per heavy atom. The molecule has 21 heavy (non-hydrogen) atoms. The van der Waals surface area contributed by atoms with Crippen LogP contribution in [-0.4, -0.2) is 36.0 Å². The van der Waals surface area contributed by atoms with E-state index in [-0.39, 0.29) is 11.9 Å². The molecule has 1 amide bonds. The number of hydrogen-bond donors (Lipinski definition) is 1. The van der Waals surface area contributed by atoms with Crippen LogP contribution in [0.3, 0.4) is 0 Å². The van der Waals surface area contributed by atoms with Crippen LogP contribution in [0.4, 0.5) is 0 Å². The number of amides is 1. The molecule has 1 aromatic carbocycles. The van der Waals surface area contributed by atoms with E-state index < -0.39 is 6.10 Å². The molecular weight excluding hydrogens is 288 g/mol. The van der Waals surface area contributed by atoms with Crippen LogP contribution >= 0.6 is 11.6 Å². The van der Waals surface area contributed by atoms with Crippen LogP contribution in [0.1, 0.15) is 26.7 Å². The number of nitrogens with two attached hydrogens (primary N) is 1. The van der Waals surface area contributed by atoms with Crippen LogP contribution in [0.2, 0.25) is 5.02 Å². The first-order chi connectivity index (χ1) is 9.99. The van der Waals surface area contributed by atoms with Gasteiger partial charge in [-0.15, -0.1) is 0 Å². The minimum Gasteiger partial charge on any atom is -0.479 e. The summed E-state index contributed by atoms with van der Waals surface area (Å²) in [5.74, 6) is 1.07. The molecule has 0 saturated carbocycles. The second-order valence-corrected chi connectivity index (χ2v) is 6.12. The highest BCUT2D eigenvalue weighted by Crippen LogP contribution is 2.25. The van der Waals surface area contributed by atoms with Crippen LogP contribution in [0.25, 0.3) is 0 Å². The number of benzene rings is 1. The lowest BCUT2D eigenvalue weighted by molar-refractivity contribution is -0.139. The molecule has 2 unspecified atom stereocenters. The standard InChI is InChI=1S/C16H23ClN2O2/c1-11(18)13-7-9-19(10-8-13)16(20)12(2)21-15-6-4-3-5-14(15)17/h3-6,11-13H,7-10,18H2,1-2H3. The zero-order valence-electron chi connectivity index (χ0n) is 12.6. The van der Waals surface area contributed by atoms with Gasteiger partial charge in [0.05, 0.1) is 5.02 Å². The van der Waals surface area contributed by atoms with Crippen LogP contribution in [-0.2, 0) is 4.79 Å². The Kier molecular flexibility index (Phi) is 5.48. The first-order valence-corrected chi connectivity index (χ1v) is 7.82. The van der Waals surface area contributed by atoms with Gasteiger partial charge in [-0.3, -0.25) is 4.79 Å². The predicted octanol–water partition coefficient (Wildman–Crippen LogP) is 2.69. The van der Waals surface area contributed by atoms with Crippen molar-refractivity contribution >= 4 is 17.5 Å². The van der Waals surface area contributed by atoms with Crippen molar-refractivity contribution in [3.63, 3.8) is 0 Å². The minimum absolute atomic E-state index is 0.0121. The van der Waals surface area contributed by atoms with E-state index >= 15 is 0 Å². The maximum Gasteiger partial charge on any atom is 0.263 e. The zero-order chi connectivity index (χ0) is 15.4. The normalized spacial score (nSPS) is 19.1. The molecule has 1 aliphatic rings. The monoisotopic (exact) mass is 310 g/mol. The van der Waals surface area contributed by atoms with Gasteiger partial charge in [-0.1, -0.05) is 23.7 Å². The molecule has 0 aromatic heterocycles. The topological polar surface area (TPSA) is 55.6 Å². The number of halogens is 1. The minimum atomic E-state index is -0.531. The Balaban J connectivity index is 1.90. The molecule has 1 saturated heterocycles. The molecule has 4 nitrogen and oxygen atoms in total. The third-order valence-electron chi connectivity index (χ3n) is 4.08. The fraction of sp³-hybridized carbons (Fsp3) is 0.562. The van der Waals surface area contributed by atoms with Gasteiger partial charge >= 0.3 is 0 Å². The molecule has 1 heterocycles. The van der Waals surface area contributed by atoms with Crippen molar-refractivity contribution in [1.29, 1.82) is 0 Å². The summed E-state index contributed by atoms with van der Waals surface area (Å²) in [6.45, 7) is 5.30. The summed E-state index contributed by atoms with van der Waals surface area (Å²) >= 11 is 6.05. The Labute approximate surface area is 131 Å². The van der Waals surface area contributed by atoms with Gasteiger partial charge in [-0.25, -0.2) is 0 Å². The summed E-state index contributed by atoms with van der Waals surface area (Å²) in [7, 11) is 0. The Bertz CT molecular complexity index is 485. The average Bonchev–Trinajstić information content (AvgIpc) is 2.49. The van der Waals surface area contributed by atoms with Gasteiger partial charge < -0.3 is 15.4 Å². The van der Waals surface area contributed by atoms with E-state index in [9.17, 15) is 4.79 Å². The lowest BCUT2D eigenvalue weighted by Crippen LogP contribution is -2.46. The summed E-state index contributed by atoms with van der Waals surface area (Å²) in [6.07, 6.45) is 1.39. The van der Waals surface area contributed by atoms with Gasteiger partial charge in [-0.2, -0.15) is 0 Å². The van der Waals surface area contributed by atoms with Crippen molar-refractivity contribution in [2.24, 2.45) is 11.7 Å². The quantitative estimate of drug-likeness (QED) is 0.930. The molecule has 2 N–H and O–H groups in total. The third kappa shape index (κ3) is 4.11. The van der Waals surface area contributed by atoms with Crippen LogP contribution in [0.15, 0.2) is 24.3 Å². The summed E-state index contributed by atoms with van der Waals surface area (Å²) < 4.78 is 5.69. The van der Waals surface area contributed by atoms with Crippen LogP contribution in [0.5, 0.6) is 5.75 Å². The molecule has 0 bridgehead atoms. The summed E-state index contributed by atoms with van der Waals surface area (Å²) in [6, 6.07) is 7.39. The first kappa shape index (κ1) is 16.1. The van der Waals surface area contributed by atoms with Crippen molar-refractivity contribution in [1.82, 2.24) is 4.90 Å². The van der Waals surface area contributed by atoms with Crippen molar-refractivity contribution < 1.29 is 9.53 Å². The van der Waals surface area contributed by atoms with Crippen molar-refractivity contribution in [2.75, 3.05) is 13.1 Å². The average molecular weight is 311 g/mol. The number of rotatable bonds is 4. The highest BCUT2D eigenvalue weighted by atomic mass is 35.5. The van der Waals surface area contributed by atoms with Crippen molar-refractivity contribution in [3.05, 3.63) is 29.3 Å². The molecule has 0 radical (unpaired) electrons. The van der Waals surface area contributed by atoms with Gasteiger partial charge in [-0.05, 0) is 44.7 Å². The number of nitrogens with zero attached hydrogens (tertiary/aromatic N) is 1. The van der Waals surface area contributed by atoms with Gasteiger partial charge in [0.25, 0.3) is 5.91 Å². The van der Waals surface area contributed by atoms with Crippen molar-refractivity contribution in [3.8, 4) is 5.75 Å². The molecule has 1 aliphatic heterocycles. The molecule has 2 atom stereocenters. The van der Waals surface area contributed by atoms with Gasteiger partial charge in [0.15, 0.2) is 6.10 Å². The number of para-hydroxylation sites is 1. The van der Waals surface area contributed by atoms with E-state index in [1.807, 2.05) is 24.0 Å². The Morgan fingerprint density at radius 2 is 1.95 bits per heavy atom. The zero-order valence-corrected chi connectivity index (χ0v) is 13.3. The largest absolute Gasteiger partial charge is 0.479 e. The number of likely N-dealkylation sites (tertiary alicyclic amines) is 1. The Hall–Kier alpha value is -1.26. The number of ether oxygens (including phenoxy) is 1. The van der Waals surface area contributed by atoms with Gasteiger partial charge in [0.2, 0.25) is 0 Å². The van der Waals surface area contributed by atoms with Gasteiger partial charge in [0, 0.05) is 19.1 Å². The van der Waals surface area contributed by atoms with Gasteiger partial charge in [0.1, 0.15) is 5.75 Å². The lowest BCUT2D eigenvalue weighted by Gasteiger charge is -2.35. The molecule has 2 rings (SSSR count). The summed E-state index contributed by atoms with van der Waals surface area (Å²) in [5.41, 5.74) is 5.92. The number of hydrogen-bond acceptors (Lipinski definition) is 3. The molecule has 0 aliphatic carbocycles. The SMILES string of the molecule is CC(Oc1ccccc1Cl)C(=O)N1CCC(C(C)N)CC1. The first-order valence-electron chi connectivity index (χ1n) is 7.44. The Morgan fingerprint density at radius 1 is 1.33 bits per heavy atom. The molecule has 1 aromatic rings. The van der Waals surface area contributed by atoms with E-state index in [1.54, 1.807) is 19.1 Å². The number of carbonyl (C=O) groups is 1. The lowest BCUT2D eigenvalue weighted by atomic mass is 9.91. The fourth-order valence-corrected chi connectivity index (χ4v) is 2.86. The van der Waals surface area contributed by atoms with E-state index in [4.69, 9.17) is 22.1 Å². The number of piperidine rings is 1. The maximum atomic E-state index is 12.4. The second-order valence-electron chi connectivity index (χ2n) is 5.71. The maximum absolute atomic E-state index is 12.4. The summed E-state index contributed by atoms with van der Waals surface area (Å²) in [5, 5.41) is 0.521. The van der Waals surface area contributed by atoms with E-state index in [2.05, 4.69) is 0 Å². The molecule has 5 heteroatoms. The van der Waals surface area contributed by atoms with Crippen LogP contribution < -0.4 is 10.5 Å². The second kappa shape index (κ2) is 7.14. The highest BCUT2D eigenvalue weighted by molar-refractivity contribution is 6.32. The summed E-state index contributed by atoms with van der Waals surface area (Å²) in [4.78, 5) is 14.3. The van der Waals surface area contributed by atoms with Crippen LogP contribution in [0, 0.1) is 5.92 Å². The molecule has 116 valence electrons. The third-order valence-corrected chi connectivity index (χ3v) is 4.40. The van der Waals surface area contributed by atoms with Crippen molar-refractivity contribution in [2.45, 2.75) is 38.8 Å². The molecular formula is C16H23ClN2O2. The smallest absolute Gasteiger partial charge is 0.263 e. The fourth-order valence-electron chi connectivity index (χ4n) is 2.68. The van der Waals surface area contributed by atoms with E-state index in [0.717, 1.165) is 25.9 Å². The number of carbonyl (C=O) groups excluding carboxylic acids is 1. The highest BCUT2D eigenvalue weighted by Gasteiger charge is 2.28.